The summed E-state index contributed by atoms with van der Waals surface area (Å²) in [6, 6.07) is 0.697. The monoisotopic (exact) mass is 268 g/mol. The van der Waals surface area contributed by atoms with E-state index < -0.39 is 0 Å². The van der Waals surface area contributed by atoms with Crippen LogP contribution < -0.4 is 11.1 Å². The number of nitrogens with one attached hydrogen (secondary N) is 1. The van der Waals surface area contributed by atoms with Gasteiger partial charge in [0.2, 0.25) is 5.91 Å². The van der Waals surface area contributed by atoms with E-state index in [0.717, 1.165) is 25.7 Å². The van der Waals surface area contributed by atoms with Crippen LogP contribution in [0.3, 0.4) is 0 Å². The lowest BCUT2D eigenvalue weighted by Crippen LogP contribution is -2.33. The van der Waals surface area contributed by atoms with Crippen molar-refractivity contribution in [2.45, 2.75) is 90.1 Å². The van der Waals surface area contributed by atoms with Crippen LogP contribution in [0.2, 0.25) is 0 Å². The van der Waals surface area contributed by atoms with Crippen molar-refractivity contribution < 1.29 is 4.79 Å². The highest BCUT2D eigenvalue weighted by atomic mass is 16.1. The van der Waals surface area contributed by atoms with E-state index in [1.807, 2.05) is 0 Å². The molecule has 1 aliphatic rings. The smallest absolute Gasteiger partial charge is 0.220 e. The van der Waals surface area contributed by atoms with Gasteiger partial charge < -0.3 is 11.1 Å². The molecule has 0 spiro atoms. The number of amides is 1. The second-order valence-corrected chi connectivity index (χ2v) is 6.30. The van der Waals surface area contributed by atoms with Crippen molar-refractivity contribution in [1.82, 2.24) is 5.32 Å². The van der Waals surface area contributed by atoms with Gasteiger partial charge in [0.1, 0.15) is 0 Å². The van der Waals surface area contributed by atoms with Crippen molar-refractivity contribution >= 4 is 5.91 Å². The molecule has 3 heteroatoms. The molecule has 112 valence electrons. The zero-order valence-corrected chi connectivity index (χ0v) is 12.8. The molecule has 0 aromatic rings. The first kappa shape index (κ1) is 16.5. The quantitative estimate of drug-likeness (QED) is 0.663. The summed E-state index contributed by atoms with van der Waals surface area (Å²) in [4.78, 5) is 11.9. The van der Waals surface area contributed by atoms with Crippen molar-refractivity contribution in [2.24, 2.45) is 11.7 Å². The number of hydrogen-bond donors (Lipinski definition) is 2. The van der Waals surface area contributed by atoms with E-state index in [4.69, 9.17) is 5.73 Å². The van der Waals surface area contributed by atoms with Crippen LogP contribution in [0.15, 0.2) is 0 Å². The maximum Gasteiger partial charge on any atom is 0.220 e. The molecule has 19 heavy (non-hydrogen) atoms. The molecule has 1 aliphatic carbocycles. The highest BCUT2D eigenvalue weighted by molar-refractivity contribution is 5.76. The van der Waals surface area contributed by atoms with E-state index in [-0.39, 0.29) is 5.91 Å². The number of nitrogens with two attached hydrogens (primary N) is 1. The highest BCUT2D eigenvalue weighted by Crippen LogP contribution is 2.26. The molecule has 0 bridgehead atoms. The van der Waals surface area contributed by atoms with Crippen molar-refractivity contribution in [1.29, 1.82) is 0 Å². The fourth-order valence-electron chi connectivity index (χ4n) is 3.05. The van der Waals surface area contributed by atoms with Gasteiger partial charge in [0.25, 0.3) is 0 Å². The molecular weight excluding hydrogens is 236 g/mol. The van der Waals surface area contributed by atoms with Gasteiger partial charge in [-0.1, -0.05) is 39.0 Å². The first-order valence-electron chi connectivity index (χ1n) is 8.16. The molecule has 3 atom stereocenters. The Morgan fingerprint density at radius 3 is 2.84 bits per heavy atom. The largest absolute Gasteiger partial charge is 0.354 e. The van der Waals surface area contributed by atoms with E-state index >= 15 is 0 Å². The fraction of sp³-hybridized carbons (Fsp3) is 0.938. The number of hydrogen-bond acceptors (Lipinski definition) is 2. The predicted octanol–water partition coefficient (Wildman–Crippen LogP) is 3.37. The first-order chi connectivity index (χ1) is 9.11. The zero-order chi connectivity index (χ0) is 14.1. The van der Waals surface area contributed by atoms with Crippen molar-refractivity contribution in [3.8, 4) is 0 Å². The average molecular weight is 268 g/mol. The summed E-state index contributed by atoms with van der Waals surface area (Å²) < 4.78 is 0. The third kappa shape index (κ3) is 7.56. The first-order valence-corrected chi connectivity index (χ1v) is 8.16. The van der Waals surface area contributed by atoms with Crippen LogP contribution in [-0.2, 0) is 4.79 Å². The van der Waals surface area contributed by atoms with Gasteiger partial charge >= 0.3 is 0 Å². The topological polar surface area (TPSA) is 55.1 Å². The minimum atomic E-state index is 0.225. The van der Waals surface area contributed by atoms with Gasteiger partial charge in [-0.15, -0.1) is 0 Å². The summed E-state index contributed by atoms with van der Waals surface area (Å²) in [5, 5.41) is 3.12. The Labute approximate surface area is 118 Å². The molecule has 1 rings (SSSR count). The van der Waals surface area contributed by atoms with Crippen LogP contribution in [0.5, 0.6) is 0 Å². The van der Waals surface area contributed by atoms with Crippen LogP contribution in [-0.4, -0.2) is 18.0 Å². The van der Waals surface area contributed by atoms with E-state index in [2.05, 4.69) is 19.2 Å². The highest BCUT2D eigenvalue weighted by Gasteiger charge is 2.20. The van der Waals surface area contributed by atoms with E-state index in [9.17, 15) is 4.79 Å². The normalized spacial score (nSPS) is 25.0. The van der Waals surface area contributed by atoms with Gasteiger partial charge in [0.05, 0.1) is 0 Å². The molecule has 1 fully saturated rings. The number of rotatable bonds is 8. The van der Waals surface area contributed by atoms with Crippen LogP contribution in [0.1, 0.15) is 78.1 Å². The lowest BCUT2D eigenvalue weighted by atomic mass is 9.83. The second-order valence-electron chi connectivity index (χ2n) is 6.30. The van der Waals surface area contributed by atoms with Crippen LogP contribution in [0.25, 0.3) is 0 Å². The predicted molar refractivity (Wildman–Crippen MR) is 80.9 cm³/mol. The summed E-state index contributed by atoms with van der Waals surface area (Å²) in [6.07, 6.45) is 11.3. The number of carbonyl (C=O) groups excluding carboxylic acids is 1. The molecule has 0 aromatic heterocycles. The minimum absolute atomic E-state index is 0.225. The Hall–Kier alpha value is -0.570. The molecule has 3 nitrogen and oxygen atoms in total. The number of unbranched alkanes of at least 4 members (excludes halogenated alkanes) is 2. The van der Waals surface area contributed by atoms with Gasteiger partial charge in [-0.25, -0.2) is 0 Å². The maximum atomic E-state index is 11.9. The molecule has 1 saturated carbocycles. The van der Waals surface area contributed by atoms with Crippen LogP contribution in [0, 0.1) is 5.92 Å². The van der Waals surface area contributed by atoms with E-state index in [0.29, 0.717) is 24.4 Å². The third-order valence-corrected chi connectivity index (χ3v) is 4.25. The molecule has 0 radical (unpaired) electrons. The van der Waals surface area contributed by atoms with Crippen molar-refractivity contribution in [3.63, 3.8) is 0 Å². The minimum Gasteiger partial charge on any atom is -0.354 e. The Kier molecular flexibility index (Phi) is 8.11. The average Bonchev–Trinajstić information content (AvgIpc) is 2.37. The molecule has 0 saturated heterocycles. The van der Waals surface area contributed by atoms with Gasteiger partial charge in [-0.3, -0.25) is 4.79 Å². The molecule has 0 aliphatic heterocycles. The summed E-state index contributed by atoms with van der Waals surface area (Å²) in [6.45, 7) is 4.32. The van der Waals surface area contributed by atoms with Gasteiger partial charge in [-0.2, -0.15) is 0 Å². The second kappa shape index (κ2) is 9.35. The summed E-state index contributed by atoms with van der Waals surface area (Å²) in [7, 11) is 0. The van der Waals surface area contributed by atoms with Gasteiger partial charge in [0, 0.05) is 18.5 Å². The lowest BCUT2D eigenvalue weighted by Gasteiger charge is -2.26. The number of carbonyl (C=O) groups is 1. The molecule has 1 amide bonds. The van der Waals surface area contributed by atoms with Crippen molar-refractivity contribution in [2.75, 3.05) is 0 Å². The third-order valence-electron chi connectivity index (χ3n) is 4.25. The SMILES string of the molecule is CCCCCC(C)NC(=O)CCC1CCCC(N)C1. The summed E-state index contributed by atoms with van der Waals surface area (Å²) >= 11 is 0. The fourth-order valence-corrected chi connectivity index (χ4v) is 3.05. The van der Waals surface area contributed by atoms with Gasteiger partial charge in [0.15, 0.2) is 0 Å². The van der Waals surface area contributed by atoms with Crippen molar-refractivity contribution in [3.05, 3.63) is 0 Å². The maximum absolute atomic E-state index is 11.9. The standard InChI is InChI=1S/C16H32N2O/c1-3-4-5-7-13(2)18-16(19)11-10-14-8-6-9-15(17)12-14/h13-15H,3-12,17H2,1-2H3,(H,18,19). The van der Waals surface area contributed by atoms with Crippen LogP contribution in [0.4, 0.5) is 0 Å². The van der Waals surface area contributed by atoms with E-state index in [1.54, 1.807) is 0 Å². The lowest BCUT2D eigenvalue weighted by molar-refractivity contribution is -0.122. The van der Waals surface area contributed by atoms with E-state index in [1.165, 1.54) is 32.1 Å². The summed E-state index contributed by atoms with van der Waals surface area (Å²) in [5.41, 5.74) is 5.98. The van der Waals surface area contributed by atoms with Crippen LogP contribution >= 0.6 is 0 Å². The molecular formula is C16H32N2O. The molecule has 3 N–H and O–H groups in total. The van der Waals surface area contributed by atoms with Gasteiger partial charge in [-0.05, 0) is 38.5 Å². The Bertz CT molecular complexity index is 255. The Morgan fingerprint density at radius 1 is 1.37 bits per heavy atom. The summed E-state index contributed by atoms with van der Waals surface area (Å²) in [5.74, 6) is 0.896. The Morgan fingerprint density at radius 2 is 2.16 bits per heavy atom. The molecule has 0 aromatic carbocycles. The molecule has 0 heterocycles. The zero-order valence-electron chi connectivity index (χ0n) is 12.8. The Balaban J connectivity index is 2.09. The molecule has 3 unspecified atom stereocenters.